The van der Waals surface area contributed by atoms with Crippen LogP contribution in [-0.4, -0.2) is 20.2 Å². The molecule has 6 nitrogen and oxygen atoms in total. The Balaban J connectivity index is 2.34. The predicted molar refractivity (Wildman–Crippen MR) is 47.9 cm³/mol. The zero-order valence-corrected chi connectivity index (χ0v) is 7.58. The molecule has 0 bridgehead atoms. The van der Waals surface area contributed by atoms with Crippen LogP contribution in [0.3, 0.4) is 0 Å². The number of nitrogens with two attached hydrogens (primary N) is 1. The van der Waals surface area contributed by atoms with Crippen LogP contribution in [0.4, 0.5) is 0 Å². The molecule has 0 radical (unpaired) electrons. The van der Waals surface area contributed by atoms with Crippen molar-refractivity contribution < 1.29 is 4.42 Å². The van der Waals surface area contributed by atoms with Gasteiger partial charge in [0.1, 0.15) is 5.69 Å². The molecule has 0 unspecified atom stereocenters. The van der Waals surface area contributed by atoms with E-state index in [1.54, 1.807) is 25.5 Å². The van der Waals surface area contributed by atoms with E-state index in [4.69, 9.17) is 10.2 Å². The van der Waals surface area contributed by atoms with Gasteiger partial charge in [-0.05, 0) is 6.92 Å². The molecule has 72 valence electrons. The maximum atomic E-state index is 5.57. The van der Waals surface area contributed by atoms with Gasteiger partial charge in [0.25, 0.3) is 5.89 Å². The molecular weight excluding hydrogens is 182 g/mol. The van der Waals surface area contributed by atoms with Gasteiger partial charge >= 0.3 is 0 Å². The molecule has 0 aliphatic rings. The highest BCUT2D eigenvalue weighted by Crippen LogP contribution is 2.15. The molecule has 0 saturated heterocycles. The van der Waals surface area contributed by atoms with Gasteiger partial charge in [-0.2, -0.15) is 0 Å². The largest absolute Gasteiger partial charge is 0.418 e. The Kier molecular flexibility index (Phi) is 2.19. The average molecular weight is 191 g/mol. The third kappa shape index (κ3) is 1.60. The van der Waals surface area contributed by atoms with Crippen LogP contribution < -0.4 is 5.73 Å². The van der Waals surface area contributed by atoms with Gasteiger partial charge < -0.3 is 10.2 Å². The summed E-state index contributed by atoms with van der Waals surface area (Å²) in [5.41, 5.74) is 6.12. The molecule has 0 aliphatic carbocycles. The van der Waals surface area contributed by atoms with Crippen LogP contribution in [0.2, 0.25) is 0 Å². The summed E-state index contributed by atoms with van der Waals surface area (Å²) in [4.78, 5) is 7.92. The highest BCUT2D eigenvalue weighted by atomic mass is 16.4. The predicted octanol–water partition coefficient (Wildman–Crippen LogP) is 0.546. The first-order valence-corrected chi connectivity index (χ1v) is 4.13. The summed E-state index contributed by atoms with van der Waals surface area (Å²) in [5.74, 6) is 0.732. The number of rotatable bonds is 2. The van der Waals surface area contributed by atoms with Crippen molar-refractivity contribution in [3.05, 3.63) is 24.5 Å². The first-order chi connectivity index (χ1) is 6.77. The van der Waals surface area contributed by atoms with Crippen LogP contribution >= 0.6 is 0 Å². The lowest BCUT2D eigenvalue weighted by Crippen LogP contribution is -2.04. The quantitative estimate of drug-likeness (QED) is 0.745. The molecule has 0 aromatic carbocycles. The third-order valence-electron chi connectivity index (χ3n) is 1.61. The molecule has 0 saturated carbocycles. The summed E-state index contributed by atoms with van der Waals surface area (Å²) >= 11 is 0. The lowest BCUT2D eigenvalue weighted by molar-refractivity contribution is 0.472. The minimum Gasteiger partial charge on any atom is -0.418 e. The van der Waals surface area contributed by atoms with Crippen molar-refractivity contribution in [2.45, 2.75) is 13.0 Å². The molecule has 6 heteroatoms. The smallest absolute Gasteiger partial charge is 0.267 e. The Hall–Kier alpha value is -1.82. The Morgan fingerprint density at radius 3 is 2.79 bits per heavy atom. The molecule has 2 N–H and O–H groups in total. The van der Waals surface area contributed by atoms with Crippen molar-refractivity contribution in [1.29, 1.82) is 0 Å². The molecule has 1 atom stereocenters. The topological polar surface area (TPSA) is 90.7 Å². The minimum atomic E-state index is -0.270. The number of nitrogens with zero attached hydrogens (tertiary/aromatic N) is 4. The fourth-order valence-corrected chi connectivity index (χ4v) is 0.932. The van der Waals surface area contributed by atoms with Crippen molar-refractivity contribution in [2.24, 2.45) is 5.73 Å². The maximum absolute atomic E-state index is 5.57. The van der Waals surface area contributed by atoms with Crippen molar-refractivity contribution in [1.82, 2.24) is 20.2 Å². The van der Waals surface area contributed by atoms with Gasteiger partial charge in [0, 0.05) is 12.4 Å². The Morgan fingerprint density at radius 2 is 2.21 bits per heavy atom. The molecule has 0 amide bonds. The number of hydrogen-bond acceptors (Lipinski definition) is 6. The molecule has 2 aromatic heterocycles. The van der Waals surface area contributed by atoms with Crippen molar-refractivity contribution in [2.75, 3.05) is 0 Å². The molecule has 0 aliphatic heterocycles. The minimum absolute atomic E-state index is 0.270. The summed E-state index contributed by atoms with van der Waals surface area (Å²) in [7, 11) is 0. The van der Waals surface area contributed by atoms with Crippen molar-refractivity contribution >= 4 is 0 Å². The highest BCUT2D eigenvalue weighted by molar-refractivity contribution is 5.43. The standard InChI is InChI=1S/C8H9N5O/c1-5(9)7-12-13-8(14-7)6-4-10-2-3-11-6/h2-5H,9H2,1H3/t5-/m0/s1. The molecule has 2 rings (SSSR count). The monoisotopic (exact) mass is 191 g/mol. The highest BCUT2D eigenvalue weighted by Gasteiger charge is 2.11. The van der Waals surface area contributed by atoms with E-state index in [0.29, 0.717) is 17.5 Å². The Morgan fingerprint density at radius 1 is 1.36 bits per heavy atom. The second kappa shape index (κ2) is 3.51. The fraction of sp³-hybridized carbons (Fsp3) is 0.250. The summed E-state index contributed by atoms with van der Waals surface area (Å²) in [5, 5.41) is 7.59. The van der Waals surface area contributed by atoms with Crippen LogP contribution in [0.15, 0.2) is 23.0 Å². The van der Waals surface area contributed by atoms with Crippen molar-refractivity contribution in [3.63, 3.8) is 0 Å². The van der Waals surface area contributed by atoms with Gasteiger partial charge in [-0.1, -0.05) is 0 Å². The normalized spacial score (nSPS) is 12.7. The van der Waals surface area contributed by atoms with Crippen molar-refractivity contribution in [3.8, 4) is 11.6 Å². The second-order valence-corrected chi connectivity index (χ2v) is 2.82. The first kappa shape index (κ1) is 8.76. The van der Waals surface area contributed by atoms with Crippen LogP contribution in [0, 0.1) is 0 Å². The first-order valence-electron chi connectivity index (χ1n) is 4.13. The summed E-state index contributed by atoms with van der Waals surface area (Å²) in [6, 6.07) is -0.270. The van der Waals surface area contributed by atoms with E-state index in [0.717, 1.165) is 0 Å². The van der Waals surface area contributed by atoms with E-state index in [2.05, 4.69) is 20.2 Å². The number of hydrogen-bond donors (Lipinski definition) is 1. The third-order valence-corrected chi connectivity index (χ3v) is 1.61. The lowest BCUT2D eigenvalue weighted by atomic mass is 10.4. The van der Waals surface area contributed by atoms with Crippen LogP contribution in [-0.2, 0) is 0 Å². The van der Waals surface area contributed by atoms with Gasteiger partial charge in [-0.15, -0.1) is 10.2 Å². The van der Waals surface area contributed by atoms with E-state index < -0.39 is 0 Å². The molecule has 14 heavy (non-hydrogen) atoms. The summed E-state index contributed by atoms with van der Waals surface area (Å²) in [6.45, 7) is 1.77. The maximum Gasteiger partial charge on any atom is 0.267 e. The SMILES string of the molecule is C[C@H](N)c1nnc(-c2cnccn2)o1. The van der Waals surface area contributed by atoms with Gasteiger partial charge in [0.2, 0.25) is 5.89 Å². The lowest BCUT2D eigenvalue weighted by Gasteiger charge is -1.94. The fourth-order valence-electron chi connectivity index (χ4n) is 0.932. The zero-order valence-electron chi connectivity index (χ0n) is 7.58. The number of aromatic nitrogens is 4. The van der Waals surface area contributed by atoms with Crippen LogP contribution in [0.25, 0.3) is 11.6 Å². The Bertz CT molecular complexity index is 411. The van der Waals surface area contributed by atoms with Crippen LogP contribution in [0.1, 0.15) is 18.9 Å². The summed E-state index contributed by atoms with van der Waals surface area (Å²) in [6.07, 6.45) is 4.69. The van der Waals surface area contributed by atoms with E-state index in [-0.39, 0.29) is 6.04 Å². The Labute approximate surface area is 80.2 Å². The zero-order chi connectivity index (χ0) is 9.97. The second-order valence-electron chi connectivity index (χ2n) is 2.82. The molecule has 0 spiro atoms. The molecular formula is C8H9N5O. The molecule has 2 heterocycles. The van der Waals surface area contributed by atoms with E-state index >= 15 is 0 Å². The molecule has 0 fully saturated rings. The van der Waals surface area contributed by atoms with E-state index in [9.17, 15) is 0 Å². The summed E-state index contributed by atoms with van der Waals surface area (Å²) < 4.78 is 5.28. The average Bonchev–Trinajstić information content (AvgIpc) is 2.68. The van der Waals surface area contributed by atoms with E-state index in [1.807, 2.05) is 0 Å². The van der Waals surface area contributed by atoms with Gasteiger partial charge in [-0.25, -0.2) is 4.98 Å². The van der Waals surface area contributed by atoms with Crippen LogP contribution in [0.5, 0.6) is 0 Å². The van der Waals surface area contributed by atoms with E-state index in [1.165, 1.54) is 0 Å². The van der Waals surface area contributed by atoms with Gasteiger partial charge in [0.05, 0.1) is 12.2 Å². The molecule has 2 aromatic rings. The van der Waals surface area contributed by atoms with Gasteiger partial charge in [-0.3, -0.25) is 4.98 Å². The van der Waals surface area contributed by atoms with Gasteiger partial charge in [0.15, 0.2) is 0 Å².